The number of rotatable bonds is 5. The molecule has 132 valence electrons. The number of hydrogen-bond acceptors (Lipinski definition) is 7. The molecule has 0 spiro atoms. The fraction of sp³-hybridized carbons (Fsp3) is 0.111. The lowest BCUT2D eigenvalue weighted by atomic mass is 10.1. The van der Waals surface area contributed by atoms with E-state index in [4.69, 9.17) is 9.26 Å². The molecular weight excluding hydrogens is 336 g/mol. The fourth-order valence-electron chi connectivity index (χ4n) is 2.28. The van der Waals surface area contributed by atoms with Gasteiger partial charge < -0.3 is 19.9 Å². The van der Waals surface area contributed by atoms with Crippen LogP contribution in [0.1, 0.15) is 26.5 Å². The fourth-order valence-corrected chi connectivity index (χ4v) is 2.28. The molecule has 0 saturated carbocycles. The predicted molar refractivity (Wildman–Crippen MR) is 94.5 cm³/mol. The number of nitrogens with zero attached hydrogens (tertiary/aromatic N) is 2. The largest absolute Gasteiger partial charge is 0.465 e. The van der Waals surface area contributed by atoms with E-state index in [9.17, 15) is 9.59 Å². The van der Waals surface area contributed by atoms with Gasteiger partial charge in [-0.2, -0.15) is 0 Å². The standard InChI is InChI=1S/C18H16N4O4/c1-11-7-16(22-26-11)20-13-8-12(9-19-10-13)17(23)21-15-6-4-3-5-14(15)18(24)25-2/h3-10H,1-2H3,(H,20,22)(H,21,23). The van der Waals surface area contributed by atoms with E-state index in [1.54, 1.807) is 49.5 Å². The van der Waals surface area contributed by atoms with Crippen LogP contribution in [0.15, 0.2) is 53.3 Å². The molecule has 0 unspecified atom stereocenters. The Balaban J connectivity index is 1.79. The minimum atomic E-state index is -0.532. The number of benzene rings is 1. The SMILES string of the molecule is COC(=O)c1ccccc1NC(=O)c1cncc(Nc2cc(C)on2)c1. The minimum Gasteiger partial charge on any atom is -0.465 e. The number of methoxy groups -OCH3 is 1. The van der Waals surface area contributed by atoms with Gasteiger partial charge in [0.25, 0.3) is 5.91 Å². The summed E-state index contributed by atoms with van der Waals surface area (Å²) >= 11 is 0. The maximum atomic E-state index is 12.5. The average Bonchev–Trinajstić information content (AvgIpc) is 3.06. The van der Waals surface area contributed by atoms with Gasteiger partial charge in [0.1, 0.15) is 5.76 Å². The summed E-state index contributed by atoms with van der Waals surface area (Å²) in [5, 5.41) is 9.52. The maximum Gasteiger partial charge on any atom is 0.339 e. The normalized spacial score (nSPS) is 10.2. The molecule has 1 aromatic carbocycles. The molecule has 1 amide bonds. The summed E-state index contributed by atoms with van der Waals surface area (Å²) in [5.74, 6) is 0.233. The van der Waals surface area contributed by atoms with Gasteiger partial charge in [-0.3, -0.25) is 9.78 Å². The highest BCUT2D eigenvalue weighted by Gasteiger charge is 2.15. The lowest BCUT2D eigenvalue weighted by molar-refractivity contribution is 0.0602. The van der Waals surface area contributed by atoms with Gasteiger partial charge in [-0.1, -0.05) is 17.3 Å². The van der Waals surface area contributed by atoms with Crippen molar-refractivity contribution in [3.8, 4) is 0 Å². The van der Waals surface area contributed by atoms with Crippen LogP contribution in [0.3, 0.4) is 0 Å². The third-order valence-electron chi connectivity index (χ3n) is 3.48. The second kappa shape index (κ2) is 7.47. The molecular formula is C18H16N4O4. The Kier molecular flexibility index (Phi) is 4.93. The maximum absolute atomic E-state index is 12.5. The summed E-state index contributed by atoms with van der Waals surface area (Å²) in [6, 6.07) is 9.94. The molecule has 0 aliphatic carbocycles. The van der Waals surface area contributed by atoms with Gasteiger partial charge >= 0.3 is 5.97 Å². The van der Waals surface area contributed by atoms with Crippen molar-refractivity contribution in [3.63, 3.8) is 0 Å². The summed E-state index contributed by atoms with van der Waals surface area (Å²) in [5.41, 5.74) is 1.51. The molecule has 2 heterocycles. The van der Waals surface area contributed by atoms with Crippen LogP contribution in [0, 0.1) is 6.92 Å². The Morgan fingerprint density at radius 3 is 2.69 bits per heavy atom. The smallest absolute Gasteiger partial charge is 0.339 e. The molecule has 0 saturated heterocycles. The highest BCUT2D eigenvalue weighted by atomic mass is 16.5. The van der Waals surface area contributed by atoms with Crippen LogP contribution in [0.2, 0.25) is 0 Å². The van der Waals surface area contributed by atoms with Crippen LogP contribution in [-0.2, 0) is 4.74 Å². The molecule has 3 rings (SSSR count). The highest BCUT2D eigenvalue weighted by molar-refractivity contribution is 6.08. The second-order valence-electron chi connectivity index (χ2n) is 5.40. The number of esters is 1. The molecule has 0 fully saturated rings. The lowest BCUT2D eigenvalue weighted by Crippen LogP contribution is -2.15. The van der Waals surface area contributed by atoms with E-state index in [1.165, 1.54) is 13.3 Å². The number of aryl methyl sites for hydroxylation is 1. The number of para-hydroxylation sites is 1. The number of aromatic nitrogens is 2. The lowest BCUT2D eigenvalue weighted by Gasteiger charge is -2.10. The van der Waals surface area contributed by atoms with Crippen molar-refractivity contribution in [2.45, 2.75) is 6.92 Å². The first-order valence-corrected chi connectivity index (χ1v) is 7.71. The van der Waals surface area contributed by atoms with Gasteiger partial charge in [-0.15, -0.1) is 0 Å². The van der Waals surface area contributed by atoms with E-state index in [-0.39, 0.29) is 5.56 Å². The van der Waals surface area contributed by atoms with Crippen LogP contribution in [0.25, 0.3) is 0 Å². The minimum absolute atomic E-state index is 0.267. The van der Waals surface area contributed by atoms with Gasteiger partial charge in [0, 0.05) is 12.3 Å². The van der Waals surface area contributed by atoms with Crippen molar-refractivity contribution < 1.29 is 18.8 Å². The Bertz CT molecular complexity index is 952. The van der Waals surface area contributed by atoms with Crippen molar-refractivity contribution in [2.75, 3.05) is 17.7 Å². The van der Waals surface area contributed by atoms with Crippen molar-refractivity contribution in [1.29, 1.82) is 0 Å². The number of carbonyl (C=O) groups is 2. The van der Waals surface area contributed by atoms with Gasteiger partial charge in [0.2, 0.25) is 0 Å². The van der Waals surface area contributed by atoms with Crippen molar-refractivity contribution in [3.05, 3.63) is 65.7 Å². The number of carbonyl (C=O) groups excluding carboxylic acids is 2. The molecule has 3 aromatic rings. The summed E-state index contributed by atoms with van der Waals surface area (Å²) in [6.07, 6.45) is 2.98. The molecule has 0 bridgehead atoms. The zero-order valence-electron chi connectivity index (χ0n) is 14.1. The van der Waals surface area contributed by atoms with E-state index < -0.39 is 11.9 Å². The molecule has 26 heavy (non-hydrogen) atoms. The molecule has 2 aromatic heterocycles. The third-order valence-corrected chi connectivity index (χ3v) is 3.48. The Morgan fingerprint density at radius 1 is 1.15 bits per heavy atom. The number of pyridine rings is 1. The number of nitrogens with one attached hydrogen (secondary N) is 2. The zero-order chi connectivity index (χ0) is 18.5. The average molecular weight is 352 g/mol. The first-order valence-electron chi connectivity index (χ1n) is 7.71. The molecule has 8 heteroatoms. The van der Waals surface area contributed by atoms with E-state index in [2.05, 4.69) is 20.8 Å². The third kappa shape index (κ3) is 3.86. The Labute approximate surface area is 149 Å². The molecule has 0 aliphatic rings. The van der Waals surface area contributed by atoms with Crippen LogP contribution in [-0.4, -0.2) is 29.1 Å². The van der Waals surface area contributed by atoms with Crippen molar-refractivity contribution in [1.82, 2.24) is 10.1 Å². The number of anilines is 3. The second-order valence-corrected chi connectivity index (χ2v) is 5.40. The van der Waals surface area contributed by atoms with Gasteiger partial charge in [-0.05, 0) is 25.1 Å². The van der Waals surface area contributed by atoms with E-state index in [0.717, 1.165) is 0 Å². The summed E-state index contributed by atoms with van der Waals surface area (Å²) in [4.78, 5) is 28.4. The number of ether oxygens (including phenoxy) is 1. The van der Waals surface area contributed by atoms with Gasteiger partial charge in [0.15, 0.2) is 5.82 Å². The number of amides is 1. The Hall–Kier alpha value is -3.68. The molecule has 0 atom stereocenters. The van der Waals surface area contributed by atoms with E-state index in [1.807, 2.05) is 0 Å². The molecule has 0 radical (unpaired) electrons. The highest BCUT2D eigenvalue weighted by Crippen LogP contribution is 2.19. The summed E-state index contributed by atoms with van der Waals surface area (Å²) in [6.45, 7) is 1.78. The van der Waals surface area contributed by atoms with E-state index in [0.29, 0.717) is 28.5 Å². The van der Waals surface area contributed by atoms with Crippen molar-refractivity contribution >= 4 is 29.1 Å². The summed E-state index contributed by atoms with van der Waals surface area (Å²) < 4.78 is 9.71. The van der Waals surface area contributed by atoms with Crippen LogP contribution >= 0.6 is 0 Å². The number of hydrogen-bond donors (Lipinski definition) is 2. The summed E-state index contributed by atoms with van der Waals surface area (Å²) in [7, 11) is 1.28. The first-order chi connectivity index (χ1) is 12.6. The van der Waals surface area contributed by atoms with Crippen molar-refractivity contribution in [2.24, 2.45) is 0 Å². The topological polar surface area (TPSA) is 106 Å². The Morgan fingerprint density at radius 2 is 1.96 bits per heavy atom. The predicted octanol–water partition coefficient (Wildman–Crippen LogP) is 3.16. The van der Waals surface area contributed by atoms with Crippen LogP contribution < -0.4 is 10.6 Å². The monoisotopic (exact) mass is 352 g/mol. The van der Waals surface area contributed by atoms with Gasteiger partial charge in [-0.25, -0.2) is 4.79 Å². The molecule has 0 aliphatic heterocycles. The molecule has 8 nitrogen and oxygen atoms in total. The zero-order valence-corrected chi connectivity index (χ0v) is 14.1. The molecule has 2 N–H and O–H groups in total. The quantitative estimate of drug-likeness (QED) is 0.679. The van der Waals surface area contributed by atoms with Crippen LogP contribution in [0.5, 0.6) is 0 Å². The van der Waals surface area contributed by atoms with Gasteiger partial charge in [0.05, 0.1) is 35.8 Å². The van der Waals surface area contributed by atoms with E-state index >= 15 is 0 Å². The van der Waals surface area contributed by atoms with Crippen LogP contribution in [0.4, 0.5) is 17.2 Å². The first kappa shape index (κ1) is 17.2.